The highest BCUT2D eigenvalue weighted by molar-refractivity contribution is 7.21. The summed E-state index contributed by atoms with van der Waals surface area (Å²) >= 11 is 1.54. The Bertz CT molecular complexity index is 2410. The number of carbonyl (C=O) groups is 3. The first-order chi connectivity index (χ1) is 25.7. The molecule has 53 heavy (non-hydrogen) atoms. The van der Waals surface area contributed by atoms with Gasteiger partial charge in [-0.15, -0.1) is 11.3 Å². The van der Waals surface area contributed by atoms with Crippen LogP contribution in [0.25, 0.3) is 32.0 Å². The van der Waals surface area contributed by atoms with Crippen LogP contribution in [0.3, 0.4) is 0 Å². The molecule has 2 aromatic carbocycles. The Kier molecular flexibility index (Phi) is 7.59. The first-order valence-corrected chi connectivity index (χ1v) is 19.7. The number of imide groups is 1. The zero-order valence-corrected chi connectivity index (χ0v) is 30.7. The Hall–Kier alpha value is -4.95. The normalized spacial score (nSPS) is 25.3. The number of piperazine rings is 1. The second-order valence-electron chi connectivity index (χ2n) is 15.6. The van der Waals surface area contributed by atoms with Gasteiger partial charge in [-0.25, -0.2) is 9.78 Å². The van der Waals surface area contributed by atoms with Crippen LogP contribution in [0.4, 0.5) is 17.2 Å². The van der Waals surface area contributed by atoms with Crippen molar-refractivity contribution in [2.45, 2.75) is 63.2 Å². The molecular weight excluding hydrogens is 691 g/mol. The van der Waals surface area contributed by atoms with Gasteiger partial charge < -0.3 is 20.4 Å². The Morgan fingerprint density at radius 1 is 0.962 bits per heavy atom. The van der Waals surface area contributed by atoms with Crippen molar-refractivity contribution in [1.82, 2.24) is 29.7 Å². The van der Waals surface area contributed by atoms with Gasteiger partial charge in [0.2, 0.25) is 11.8 Å². The lowest BCUT2D eigenvalue weighted by Gasteiger charge is -2.39. The molecule has 2 bridgehead atoms. The lowest BCUT2D eigenvalue weighted by Crippen LogP contribution is -2.49. The van der Waals surface area contributed by atoms with E-state index in [0.29, 0.717) is 31.0 Å². The molecule has 0 saturated carbocycles. The van der Waals surface area contributed by atoms with Crippen molar-refractivity contribution in [2.24, 2.45) is 13.0 Å². The highest BCUT2D eigenvalue weighted by Gasteiger charge is 2.44. The number of nitrogens with zero attached hydrogens (tertiary/aromatic N) is 6. The van der Waals surface area contributed by atoms with Crippen LogP contribution >= 0.6 is 11.3 Å². The average molecular weight is 734 g/mol. The number of imidazole rings is 1. The van der Waals surface area contributed by atoms with Crippen molar-refractivity contribution in [3.8, 4) is 0 Å². The molecule has 14 heteroatoms. The van der Waals surface area contributed by atoms with Gasteiger partial charge in [-0.05, 0) is 74.9 Å². The zero-order chi connectivity index (χ0) is 36.1. The largest absolute Gasteiger partial charge is 0.381 e. The van der Waals surface area contributed by atoms with E-state index in [1.807, 2.05) is 19.1 Å². The Morgan fingerprint density at radius 2 is 1.81 bits per heavy atom. The standard InChI is InChI=1S/C39H43N9O4S/c1-21-17-40-34-33-25-6-10-31(42-26(25)7-9-30(33)53-36(34)38(51)41-21)47-20-23-16-24(47)19-46(23)18-22-12-14-45(15-13-22)27-4-3-5-28-35(27)44(2)39(52)48(28)29-8-11-32(49)43-37(29)50/h3-7,9-10,21-24,29,40H,8,11-20H2,1-2H3,(H,41,51)(H,43,49,50)/t21-,23+,24+,29?/m1/s1. The number of aromatic nitrogens is 3. The maximum Gasteiger partial charge on any atom is 0.329 e. The predicted molar refractivity (Wildman–Crippen MR) is 207 cm³/mol. The number of benzene rings is 2. The van der Waals surface area contributed by atoms with Crippen molar-refractivity contribution in [2.75, 3.05) is 54.4 Å². The van der Waals surface area contributed by atoms with E-state index in [1.54, 1.807) is 27.5 Å². The summed E-state index contributed by atoms with van der Waals surface area (Å²) in [5.41, 5.74) is 4.26. The monoisotopic (exact) mass is 733 g/mol. The molecule has 8 heterocycles. The quantitative estimate of drug-likeness (QED) is 0.231. The van der Waals surface area contributed by atoms with Gasteiger partial charge in [0.25, 0.3) is 5.91 Å². The summed E-state index contributed by atoms with van der Waals surface area (Å²) < 4.78 is 4.33. The van der Waals surface area contributed by atoms with Gasteiger partial charge in [-0.2, -0.15) is 0 Å². The maximum atomic E-state index is 13.5. The van der Waals surface area contributed by atoms with Crippen molar-refractivity contribution < 1.29 is 14.4 Å². The Balaban J connectivity index is 0.808. The third kappa shape index (κ3) is 5.24. The minimum Gasteiger partial charge on any atom is -0.381 e. The van der Waals surface area contributed by atoms with Crippen LogP contribution in [0.2, 0.25) is 0 Å². The van der Waals surface area contributed by atoms with Crippen LogP contribution in [0.15, 0.2) is 47.3 Å². The fourth-order valence-corrected chi connectivity index (χ4v) is 10.8. The van der Waals surface area contributed by atoms with Gasteiger partial charge in [0.15, 0.2) is 0 Å². The third-order valence-electron chi connectivity index (χ3n) is 12.4. The molecule has 5 aliphatic rings. The van der Waals surface area contributed by atoms with E-state index < -0.39 is 11.9 Å². The number of thiophene rings is 1. The molecule has 5 aromatic rings. The summed E-state index contributed by atoms with van der Waals surface area (Å²) in [4.78, 5) is 64.4. The number of piperidine rings is 2. The molecule has 3 amide bonds. The summed E-state index contributed by atoms with van der Waals surface area (Å²) in [5.74, 6) is 0.935. The van der Waals surface area contributed by atoms with E-state index in [4.69, 9.17) is 4.98 Å². The van der Waals surface area contributed by atoms with Crippen LogP contribution < -0.4 is 31.4 Å². The van der Waals surface area contributed by atoms with Gasteiger partial charge in [0.05, 0.1) is 27.9 Å². The Labute approximate surface area is 309 Å². The number of aryl methyl sites for hydroxylation is 1. The number of para-hydroxylation sites is 1. The maximum absolute atomic E-state index is 13.5. The summed E-state index contributed by atoms with van der Waals surface area (Å²) in [6, 6.07) is 14.9. The molecule has 1 unspecified atom stereocenters. The van der Waals surface area contributed by atoms with Gasteiger partial charge >= 0.3 is 5.69 Å². The summed E-state index contributed by atoms with van der Waals surface area (Å²) in [6.07, 6.45) is 3.88. The van der Waals surface area contributed by atoms with Crippen LogP contribution in [0, 0.1) is 5.92 Å². The van der Waals surface area contributed by atoms with Crippen LogP contribution in [-0.2, 0) is 16.6 Å². The minimum absolute atomic E-state index is 0.00963. The van der Waals surface area contributed by atoms with E-state index in [1.165, 1.54) is 0 Å². The zero-order valence-electron chi connectivity index (χ0n) is 29.9. The fourth-order valence-electron chi connectivity index (χ4n) is 9.72. The molecule has 4 fully saturated rings. The topological polar surface area (TPSA) is 137 Å². The predicted octanol–water partition coefficient (Wildman–Crippen LogP) is 3.80. The fraction of sp³-hybridized carbons (Fsp3) is 0.462. The number of hydrogen-bond donors (Lipinski definition) is 3. The molecule has 13 nitrogen and oxygen atoms in total. The van der Waals surface area contributed by atoms with Crippen molar-refractivity contribution in [3.63, 3.8) is 0 Å². The Morgan fingerprint density at radius 3 is 2.60 bits per heavy atom. The van der Waals surface area contributed by atoms with Gasteiger partial charge in [0, 0.05) is 86.3 Å². The van der Waals surface area contributed by atoms with Gasteiger partial charge in [-0.1, -0.05) is 6.07 Å². The number of nitrogens with one attached hydrogen (secondary N) is 3. The molecule has 4 atom stereocenters. The lowest BCUT2D eigenvalue weighted by atomic mass is 9.95. The number of amides is 3. The molecule has 3 N–H and O–H groups in total. The van der Waals surface area contributed by atoms with Crippen molar-refractivity contribution >= 4 is 78.3 Å². The van der Waals surface area contributed by atoms with Gasteiger partial charge in [0.1, 0.15) is 16.7 Å². The first kappa shape index (κ1) is 32.7. The molecule has 274 valence electrons. The molecule has 0 radical (unpaired) electrons. The smallest absolute Gasteiger partial charge is 0.329 e. The molecule has 3 aromatic heterocycles. The summed E-state index contributed by atoms with van der Waals surface area (Å²) in [6.45, 7) is 7.67. The molecule has 4 saturated heterocycles. The van der Waals surface area contributed by atoms with Crippen LogP contribution in [-0.4, -0.2) is 94.1 Å². The van der Waals surface area contributed by atoms with E-state index in [2.05, 4.69) is 61.0 Å². The van der Waals surface area contributed by atoms with E-state index in [9.17, 15) is 19.2 Å². The highest BCUT2D eigenvalue weighted by Crippen LogP contribution is 2.42. The summed E-state index contributed by atoms with van der Waals surface area (Å²) in [5, 5.41) is 11.2. The van der Waals surface area contributed by atoms with E-state index in [-0.39, 0.29) is 30.0 Å². The molecule has 0 spiro atoms. The van der Waals surface area contributed by atoms with Gasteiger partial charge in [-0.3, -0.25) is 33.7 Å². The number of carbonyl (C=O) groups excluding carboxylic acids is 3. The number of hydrogen-bond acceptors (Lipinski definition) is 10. The lowest BCUT2D eigenvalue weighted by molar-refractivity contribution is -0.135. The molecule has 0 aliphatic carbocycles. The second-order valence-corrected chi connectivity index (χ2v) is 16.7. The first-order valence-electron chi connectivity index (χ1n) is 18.9. The van der Waals surface area contributed by atoms with Crippen LogP contribution in [0.1, 0.15) is 54.7 Å². The number of fused-ring (bicyclic) bond motifs is 8. The SMILES string of the molecule is C[C@@H]1CNc2c(sc3ccc4nc(N5C[C@@H]6C[C@H]5CN6CC5CCN(c6cccc7c6n(C)c(=O)n7C6CCC(=O)NC6=O)CC5)ccc4c23)C(=O)N1. The minimum atomic E-state index is -0.687. The number of rotatable bonds is 5. The molecule has 5 aliphatic heterocycles. The molecular formula is C39H43N9O4S. The van der Waals surface area contributed by atoms with Crippen LogP contribution in [0.5, 0.6) is 0 Å². The van der Waals surface area contributed by atoms with Crippen molar-refractivity contribution in [3.05, 3.63) is 57.8 Å². The highest BCUT2D eigenvalue weighted by atomic mass is 32.1. The molecule has 10 rings (SSSR count). The number of pyridine rings is 1. The second kappa shape index (κ2) is 12.3. The van der Waals surface area contributed by atoms with E-state index >= 15 is 0 Å². The number of likely N-dealkylation sites (tertiary alicyclic amines) is 1. The average Bonchev–Trinajstić information content (AvgIpc) is 3.90. The third-order valence-corrected chi connectivity index (χ3v) is 13.5. The summed E-state index contributed by atoms with van der Waals surface area (Å²) in [7, 11) is 1.77. The van der Waals surface area contributed by atoms with Crippen molar-refractivity contribution in [1.29, 1.82) is 0 Å². The van der Waals surface area contributed by atoms with E-state index in [0.717, 1.165) is 106 Å². The number of anilines is 3.